The Morgan fingerprint density at radius 3 is 0.914 bits per heavy atom. The molecule has 0 heterocycles. The number of rotatable bonds is 4. The van der Waals surface area contributed by atoms with Crippen molar-refractivity contribution in [2.75, 3.05) is 0 Å². The standard InChI is InChI=1S/C33H26P2/c1-5-13-28(14-6-1)34(29-15-7-2-8-16-29)23-21-32-25-33(26-32,27-32)22-24-35(30-17-9-3-10-18-30)31-19-11-4-12-20-31/h1-20H,25-27H2. The lowest BCUT2D eigenvalue weighted by Crippen LogP contribution is -2.60. The fourth-order valence-electron chi connectivity index (χ4n) is 5.27. The van der Waals surface area contributed by atoms with Crippen molar-refractivity contribution in [1.29, 1.82) is 0 Å². The molecule has 0 unspecified atom stereocenters. The molecule has 4 aromatic rings. The average Bonchev–Trinajstić information content (AvgIpc) is 2.88. The highest BCUT2D eigenvalue weighted by Crippen LogP contribution is 2.73. The molecule has 0 N–H and O–H groups in total. The van der Waals surface area contributed by atoms with Gasteiger partial charge in [0.2, 0.25) is 0 Å². The van der Waals surface area contributed by atoms with E-state index in [1.54, 1.807) is 0 Å². The van der Waals surface area contributed by atoms with E-state index >= 15 is 0 Å². The van der Waals surface area contributed by atoms with Gasteiger partial charge in [0, 0.05) is 26.7 Å². The molecular formula is C33H26P2. The maximum Gasteiger partial charge on any atom is 0.0361 e. The van der Waals surface area contributed by atoms with Gasteiger partial charge in [-0.05, 0) is 40.5 Å². The lowest BCUT2D eigenvalue weighted by Gasteiger charge is -2.65. The van der Waals surface area contributed by atoms with Gasteiger partial charge in [-0.1, -0.05) is 144 Å². The average molecular weight is 485 g/mol. The quantitative estimate of drug-likeness (QED) is 0.234. The highest BCUT2D eigenvalue weighted by molar-refractivity contribution is 7.77. The highest BCUT2D eigenvalue weighted by Gasteiger charge is 2.66. The second-order valence-electron chi connectivity index (χ2n) is 9.58. The predicted octanol–water partition coefficient (Wildman–Crippen LogP) is 6.34. The molecule has 0 amide bonds. The third-order valence-electron chi connectivity index (χ3n) is 6.95. The van der Waals surface area contributed by atoms with Crippen LogP contribution < -0.4 is 21.2 Å². The minimum Gasteiger partial charge on any atom is -0.0910 e. The van der Waals surface area contributed by atoms with E-state index in [1.165, 1.54) is 21.2 Å². The summed E-state index contributed by atoms with van der Waals surface area (Å²) in [6.07, 6.45) is 3.37. The van der Waals surface area contributed by atoms with Crippen molar-refractivity contribution in [2.45, 2.75) is 19.3 Å². The second kappa shape index (κ2) is 9.49. The Morgan fingerprint density at radius 1 is 0.400 bits per heavy atom. The highest BCUT2D eigenvalue weighted by atomic mass is 31.1. The van der Waals surface area contributed by atoms with E-state index in [4.69, 9.17) is 0 Å². The zero-order valence-electron chi connectivity index (χ0n) is 19.6. The van der Waals surface area contributed by atoms with Gasteiger partial charge in [0.15, 0.2) is 0 Å². The van der Waals surface area contributed by atoms with Gasteiger partial charge >= 0.3 is 0 Å². The molecule has 0 nitrogen and oxygen atoms in total. The SMILES string of the molecule is C(#CC12CC(C#CP(c3ccccc3)c3ccccc3)(C1)C2)P(c1ccccc1)c1ccccc1. The molecule has 0 atom stereocenters. The molecular weight excluding hydrogens is 458 g/mol. The summed E-state index contributed by atoms with van der Waals surface area (Å²) >= 11 is 0. The first kappa shape index (κ1) is 22.3. The van der Waals surface area contributed by atoms with Gasteiger partial charge in [-0.15, -0.1) is 0 Å². The van der Waals surface area contributed by atoms with Crippen molar-refractivity contribution in [2.24, 2.45) is 10.8 Å². The van der Waals surface area contributed by atoms with Crippen LogP contribution in [0.1, 0.15) is 19.3 Å². The summed E-state index contributed by atoms with van der Waals surface area (Å²) in [7, 11) is -1.30. The Labute approximate surface area is 211 Å². The van der Waals surface area contributed by atoms with Crippen LogP contribution in [-0.4, -0.2) is 0 Å². The molecule has 0 aromatic heterocycles. The monoisotopic (exact) mass is 484 g/mol. The molecule has 0 spiro atoms. The normalized spacial score (nSPS) is 21.7. The van der Waals surface area contributed by atoms with Gasteiger partial charge in [-0.25, -0.2) is 0 Å². The molecule has 35 heavy (non-hydrogen) atoms. The Bertz CT molecular complexity index is 1210. The first-order valence-corrected chi connectivity index (χ1v) is 14.8. The van der Waals surface area contributed by atoms with Gasteiger partial charge in [0.05, 0.1) is 0 Å². The summed E-state index contributed by atoms with van der Waals surface area (Å²) in [6, 6.07) is 43.1. The van der Waals surface area contributed by atoms with Crippen LogP contribution in [0.2, 0.25) is 0 Å². The van der Waals surface area contributed by atoms with Crippen LogP contribution in [0, 0.1) is 34.0 Å². The maximum absolute atomic E-state index is 3.75. The lowest BCUT2D eigenvalue weighted by molar-refractivity contribution is -0.113. The minimum atomic E-state index is -0.652. The van der Waals surface area contributed by atoms with Crippen LogP contribution in [0.15, 0.2) is 121 Å². The molecule has 0 aliphatic heterocycles. The molecule has 2 bridgehead atoms. The van der Waals surface area contributed by atoms with Crippen LogP contribution in [0.25, 0.3) is 0 Å². The molecule has 3 fully saturated rings. The summed E-state index contributed by atoms with van der Waals surface area (Å²) < 4.78 is 0. The van der Waals surface area contributed by atoms with Gasteiger partial charge < -0.3 is 0 Å². The summed E-state index contributed by atoms with van der Waals surface area (Å²) in [6.45, 7) is 0. The van der Waals surface area contributed by atoms with Crippen molar-refractivity contribution in [3.05, 3.63) is 121 Å². The smallest absolute Gasteiger partial charge is 0.0361 e. The summed E-state index contributed by atoms with van der Waals surface area (Å²) in [5.41, 5.74) is 7.84. The molecule has 4 aromatic carbocycles. The lowest BCUT2D eigenvalue weighted by atomic mass is 9.36. The Morgan fingerprint density at radius 2 is 0.657 bits per heavy atom. The molecule has 0 saturated heterocycles. The third-order valence-corrected chi connectivity index (χ3v) is 10.9. The number of hydrogen-bond acceptors (Lipinski definition) is 0. The summed E-state index contributed by atoms with van der Waals surface area (Å²) in [5.74, 6) is 7.50. The van der Waals surface area contributed by atoms with Crippen LogP contribution in [0.5, 0.6) is 0 Å². The van der Waals surface area contributed by atoms with Gasteiger partial charge in [-0.3, -0.25) is 0 Å². The van der Waals surface area contributed by atoms with Crippen molar-refractivity contribution >= 4 is 37.1 Å². The maximum atomic E-state index is 3.75. The summed E-state index contributed by atoms with van der Waals surface area (Å²) in [4.78, 5) is 0. The summed E-state index contributed by atoms with van der Waals surface area (Å²) in [5, 5.41) is 5.33. The van der Waals surface area contributed by atoms with Gasteiger partial charge in [0.25, 0.3) is 0 Å². The molecule has 3 aliphatic rings. The fraction of sp³-hybridized carbons (Fsp3) is 0.152. The number of benzene rings is 4. The van der Waals surface area contributed by atoms with Crippen molar-refractivity contribution in [3.8, 4) is 23.2 Å². The fourth-order valence-corrected chi connectivity index (χ4v) is 8.96. The Balaban J connectivity index is 1.22. The van der Waals surface area contributed by atoms with Crippen molar-refractivity contribution in [3.63, 3.8) is 0 Å². The van der Waals surface area contributed by atoms with Crippen LogP contribution >= 0.6 is 15.8 Å². The van der Waals surface area contributed by atoms with Crippen molar-refractivity contribution in [1.82, 2.24) is 0 Å². The Kier molecular flexibility index (Phi) is 6.05. The van der Waals surface area contributed by atoms with E-state index in [9.17, 15) is 0 Å². The van der Waals surface area contributed by atoms with E-state index in [0.29, 0.717) is 0 Å². The zero-order valence-corrected chi connectivity index (χ0v) is 21.4. The molecule has 168 valence electrons. The van der Waals surface area contributed by atoms with Crippen LogP contribution in [-0.2, 0) is 0 Å². The molecule has 3 saturated carbocycles. The topological polar surface area (TPSA) is 0 Å². The first-order chi connectivity index (χ1) is 17.2. The van der Waals surface area contributed by atoms with Gasteiger partial charge in [0.1, 0.15) is 0 Å². The number of hydrogen-bond donors (Lipinski definition) is 0. The minimum absolute atomic E-state index is 0.182. The van der Waals surface area contributed by atoms with E-state index in [-0.39, 0.29) is 10.8 Å². The third kappa shape index (κ3) is 4.59. The molecule has 2 heteroatoms. The second-order valence-corrected chi connectivity index (χ2v) is 13.4. The van der Waals surface area contributed by atoms with Crippen molar-refractivity contribution < 1.29 is 0 Å². The van der Waals surface area contributed by atoms with E-state index in [0.717, 1.165) is 19.3 Å². The van der Waals surface area contributed by atoms with E-state index in [2.05, 4.69) is 144 Å². The largest absolute Gasteiger partial charge is 0.0910 e. The van der Waals surface area contributed by atoms with Crippen LogP contribution in [0.3, 0.4) is 0 Å². The van der Waals surface area contributed by atoms with E-state index in [1.807, 2.05) is 0 Å². The van der Waals surface area contributed by atoms with E-state index < -0.39 is 15.8 Å². The molecule has 7 rings (SSSR count). The molecule has 0 radical (unpaired) electrons. The predicted molar refractivity (Wildman–Crippen MR) is 152 cm³/mol. The Hall–Kier alpha value is -3.14. The zero-order chi connectivity index (χ0) is 23.6. The van der Waals surface area contributed by atoms with Crippen LogP contribution in [0.4, 0.5) is 0 Å². The van der Waals surface area contributed by atoms with Gasteiger partial charge in [-0.2, -0.15) is 0 Å². The molecule has 3 aliphatic carbocycles. The first-order valence-electron chi connectivity index (χ1n) is 12.1.